The molecular formula is C13H13N. The first-order valence-electron chi connectivity index (χ1n) is 5.03. The van der Waals surface area contributed by atoms with Gasteiger partial charge in [-0.15, -0.1) is 0 Å². The Bertz CT molecular complexity index is 440. The van der Waals surface area contributed by atoms with Gasteiger partial charge in [0.25, 0.3) is 0 Å². The maximum atomic E-state index is 2.33. The molecule has 0 bridgehead atoms. The van der Waals surface area contributed by atoms with Gasteiger partial charge >= 0.3 is 0 Å². The van der Waals surface area contributed by atoms with Crippen molar-refractivity contribution in [3.63, 3.8) is 0 Å². The fourth-order valence-electron chi connectivity index (χ4n) is 2.28. The number of rotatable bonds is 0. The van der Waals surface area contributed by atoms with Crippen LogP contribution in [0, 0.1) is 0 Å². The van der Waals surface area contributed by atoms with Gasteiger partial charge in [-0.25, -0.2) is 0 Å². The Labute approximate surface area is 84.4 Å². The van der Waals surface area contributed by atoms with Crippen molar-refractivity contribution in [2.75, 3.05) is 20.1 Å². The van der Waals surface area contributed by atoms with E-state index in [2.05, 4.69) is 48.4 Å². The molecule has 1 heterocycles. The third kappa shape index (κ3) is 1.06. The Morgan fingerprint density at radius 3 is 3.00 bits per heavy atom. The number of nitrogens with zero attached hydrogens (tertiary/aromatic N) is 1. The smallest absolute Gasteiger partial charge is 0.0240 e. The topological polar surface area (TPSA) is 3.24 Å². The third-order valence-corrected chi connectivity index (χ3v) is 2.97. The summed E-state index contributed by atoms with van der Waals surface area (Å²) < 4.78 is 0. The molecule has 70 valence electrons. The van der Waals surface area contributed by atoms with Crippen molar-refractivity contribution in [3.8, 4) is 0 Å². The molecular weight excluding hydrogens is 170 g/mol. The molecule has 0 spiro atoms. The minimum absolute atomic E-state index is 1.07. The van der Waals surface area contributed by atoms with Crippen LogP contribution < -0.4 is 0 Å². The highest BCUT2D eigenvalue weighted by Gasteiger charge is 2.21. The standard InChI is InChI=1S/C13H13N/c1-14-7-6-13-11(9-14)8-10-4-2-3-5-12(10)13/h2-6,8H,7,9H2,1H3. The molecule has 1 aliphatic carbocycles. The quantitative estimate of drug-likeness (QED) is 0.597. The van der Waals surface area contributed by atoms with Crippen LogP contribution in [0.1, 0.15) is 11.1 Å². The lowest BCUT2D eigenvalue weighted by Crippen LogP contribution is -2.24. The predicted octanol–water partition coefficient (Wildman–Crippen LogP) is 2.41. The third-order valence-electron chi connectivity index (χ3n) is 2.97. The van der Waals surface area contributed by atoms with Crippen LogP contribution in [0.5, 0.6) is 0 Å². The highest BCUT2D eigenvalue weighted by molar-refractivity contribution is 5.95. The van der Waals surface area contributed by atoms with Gasteiger partial charge in [-0.2, -0.15) is 0 Å². The second kappa shape index (κ2) is 2.82. The van der Waals surface area contributed by atoms with E-state index >= 15 is 0 Å². The number of benzene rings is 1. The van der Waals surface area contributed by atoms with Crippen LogP contribution in [-0.2, 0) is 0 Å². The SMILES string of the molecule is CN1CC=C2C(=Cc3ccccc32)C1. The molecule has 1 aromatic carbocycles. The Balaban J connectivity index is 2.15. The molecule has 0 aromatic heterocycles. The fourth-order valence-corrected chi connectivity index (χ4v) is 2.28. The maximum Gasteiger partial charge on any atom is 0.0240 e. The molecule has 14 heavy (non-hydrogen) atoms. The summed E-state index contributed by atoms with van der Waals surface area (Å²) in [6.45, 7) is 2.15. The number of likely N-dealkylation sites (N-methyl/N-ethyl adjacent to an activating group) is 1. The largest absolute Gasteiger partial charge is 0.298 e. The molecule has 1 aliphatic heterocycles. The summed E-state index contributed by atoms with van der Waals surface area (Å²) in [5, 5.41) is 0. The zero-order valence-corrected chi connectivity index (χ0v) is 8.33. The zero-order valence-electron chi connectivity index (χ0n) is 8.33. The van der Waals surface area contributed by atoms with Crippen LogP contribution in [-0.4, -0.2) is 25.0 Å². The Morgan fingerprint density at radius 1 is 1.21 bits per heavy atom. The van der Waals surface area contributed by atoms with E-state index in [1.807, 2.05) is 0 Å². The minimum Gasteiger partial charge on any atom is -0.298 e. The van der Waals surface area contributed by atoms with Gasteiger partial charge in [0.2, 0.25) is 0 Å². The highest BCUT2D eigenvalue weighted by atomic mass is 15.1. The molecule has 3 rings (SSSR count). The zero-order chi connectivity index (χ0) is 9.54. The van der Waals surface area contributed by atoms with Gasteiger partial charge in [-0.05, 0) is 35.4 Å². The molecule has 1 nitrogen and oxygen atoms in total. The van der Waals surface area contributed by atoms with E-state index < -0.39 is 0 Å². The van der Waals surface area contributed by atoms with E-state index in [9.17, 15) is 0 Å². The highest BCUT2D eigenvalue weighted by Crippen LogP contribution is 2.36. The van der Waals surface area contributed by atoms with E-state index in [0.717, 1.165) is 13.1 Å². The number of fused-ring (bicyclic) bond motifs is 3. The average Bonchev–Trinajstić information content (AvgIpc) is 2.54. The van der Waals surface area contributed by atoms with E-state index in [0.29, 0.717) is 0 Å². The van der Waals surface area contributed by atoms with Crippen molar-refractivity contribution in [2.24, 2.45) is 0 Å². The first kappa shape index (κ1) is 8.01. The van der Waals surface area contributed by atoms with Crippen LogP contribution >= 0.6 is 0 Å². The first-order valence-corrected chi connectivity index (χ1v) is 5.03. The van der Waals surface area contributed by atoms with Crippen molar-refractivity contribution in [1.82, 2.24) is 4.90 Å². The Kier molecular flexibility index (Phi) is 1.62. The molecule has 1 aromatic rings. The number of hydrogen-bond acceptors (Lipinski definition) is 1. The van der Waals surface area contributed by atoms with Crippen molar-refractivity contribution < 1.29 is 0 Å². The molecule has 2 aliphatic rings. The molecule has 0 N–H and O–H groups in total. The summed E-state index contributed by atoms with van der Waals surface area (Å²) in [5.41, 5.74) is 5.72. The number of hydrogen-bond donors (Lipinski definition) is 0. The van der Waals surface area contributed by atoms with E-state index in [1.54, 1.807) is 0 Å². The summed E-state index contributed by atoms with van der Waals surface area (Å²) in [4.78, 5) is 2.33. The second-order valence-corrected chi connectivity index (χ2v) is 4.07. The molecule has 0 unspecified atom stereocenters. The van der Waals surface area contributed by atoms with Crippen molar-refractivity contribution in [2.45, 2.75) is 0 Å². The second-order valence-electron chi connectivity index (χ2n) is 4.07. The fraction of sp³-hybridized carbons (Fsp3) is 0.231. The van der Waals surface area contributed by atoms with Crippen LogP contribution in [0.2, 0.25) is 0 Å². The average molecular weight is 183 g/mol. The summed E-state index contributed by atoms with van der Waals surface area (Å²) >= 11 is 0. The molecule has 0 fully saturated rings. The molecule has 0 saturated heterocycles. The predicted molar refractivity (Wildman–Crippen MR) is 59.9 cm³/mol. The Hall–Kier alpha value is -1.34. The van der Waals surface area contributed by atoms with Crippen molar-refractivity contribution in [1.29, 1.82) is 0 Å². The lowest BCUT2D eigenvalue weighted by Gasteiger charge is -2.22. The van der Waals surface area contributed by atoms with E-state index in [-0.39, 0.29) is 0 Å². The van der Waals surface area contributed by atoms with Crippen LogP contribution in [0.15, 0.2) is 35.9 Å². The van der Waals surface area contributed by atoms with Crippen molar-refractivity contribution in [3.05, 3.63) is 47.0 Å². The summed E-state index contributed by atoms with van der Waals surface area (Å²) in [6, 6.07) is 8.64. The molecule has 0 amide bonds. The molecule has 1 heteroatoms. The molecule has 0 atom stereocenters. The van der Waals surface area contributed by atoms with Crippen LogP contribution in [0.4, 0.5) is 0 Å². The van der Waals surface area contributed by atoms with Crippen LogP contribution in [0.25, 0.3) is 11.6 Å². The monoisotopic (exact) mass is 183 g/mol. The summed E-state index contributed by atoms with van der Waals surface area (Å²) in [6.07, 6.45) is 4.65. The lowest BCUT2D eigenvalue weighted by atomic mass is 10.00. The summed E-state index contributed by atoms with van der Waals surface area (Å²) in [5.74, 6) is 0. The van der Waals surface area contributed by atoms with Gasteiger partial charge in [-0.1, -0.05) is 30.3 Å². The van der Waals surface area contributed by atoms with Gasteiger partial charge in [0, 0.05) is 13.1 Å². The minimum atomic E-state index is 1.07. The molecule has 0 radical (unpaired) electrons. The van der Waals surface area contributed by atoms with E-state index in [4.69, 9.17) is 0 Å². The van der Waals surface area contributed by atoms with Crippen molar-refractivity contribution >= 4 is 11.6 Å². The normalized spacial score (nSPS) is 19.8. The Morgan fingerprint density at radius 2 is 2.07 bits per heavy atom. The van der Waals surface area contributed by atoms with Gasteiger partial charge in [0.15, 0.2) is 0 Å². The lowest BCUT2D eigenvalue weighted by molar-refractivity contribution is 0.401. The van der Waals surface area contributed by atoms with Gasteiger partial charge in [0.1, 0.15) is 0 Å². The maximum absolute atomic E-state index is 2.33. The summed E-state index contributed by atoms with van der Waals surface area (Å²) in [7, 11) is 2.16. The molecule has 0 saturated carbocycles. The first-order chi connectivity index (χ1) is 6.84. The van der Waals surface area contributed by atoms with Gasteiger partial charge in [-0.3, -0.25) is 4.90 Å². The van der Waals surface area contributed by atoms with Gasteiger partial charge in [0.05, 0.1) is 0 Å². The van der Waals surface area contributed by atoms with Gasteiger partial charge < -0.3 is 0 Å². The van der Waals surface area contributed by atoms with Crippen LogP contribution in [0.3, 0.4) is 0 Å². The van der Waals surface area contributed by atoms with E-state index in [1.165, 1.54) is 22.3 Å².